The maximum Gasteiger partial charge on any atom is 0.322 e. The minimum absolute atomic E-state index is 0.0301. The molecule has 3 atom stereocenters. The van der Waals surface area contributed by atoms with Crippen molar-refractivity contribution in [2.24, 2.45) is 0 Å². The maximum atomic E-state index is 13.7. The van der Waals surface area contributed by atoms with E-state index in [9.17, 15) is 19.5 Å². The minimum Gasteiger partial charge on any atom is -0.498 e. The molecule has 11 nitrogen and oxygen atoms in total. The molecule has 11 heteroatoms. The first kappa shape index (κ1) is 32.4. The fourth-order valence-electron chi connectivity index (χ4n) is 8.77. The highest BCUT2D eigenvalue weighted by Gasteiger charge is 2.61. The second kappa shape index (κ2) is 13.3. The molecular weight excluding hydrogens is 584 g/mol. The van der Waals surface area contributed by atoms with E-state index in [1.54, 1.807) is 0 Å². The van der Waals surface area contributed by atoms with Crippen LogP contribution in [0.1, 0.15) is 54.4 Å². The molecule has 3 fully saturated rings. The summed E-state index contributed by atoms with van der Waals surface area (Å²) in [6.07, 6.45) is 3.01. The molecule has 0 radical (unpaired) electrons. The van der Waals surface area contributed by atoms with E-state index >= 15 is 0 Å². The summed E-state index contributed by atoms with van der Waals surface area (Å²) in [7, 11) is 0. The number of quaternary nitrogens is 1. The number of aldehydes is 1. The summed E-state index contributed by atoms with van der Waals surface area (Å²) in [5.41, 5.74) is 10.4. The lowest BCUT2D eigenvalue weighted by Gasteiger charge is -2.62. The van der Waals surface area contributed by atoms with E-state index in [1.165, 1.54) is 0 Å². The van der Waals surface area contributed by atoms with E-state index in [0.29, 0.717) is 50.6 Å². The molecule has 46 heavy (non-hydrogen) atoms. The van der Waals surface area contributed by atoms with Gasteiger partial charge in [-0.1, -0.05) is 18.2 Å². The number of ether oxygens (including phenoxy) is 1. The first-order chi connectivity index (χ1) is 22.2. The lowest BCUT2D eigenvalue weighted by Crippen LogP contribution is -2.80. The molecule has 0 aromatic heterocycles. The van der Waals surface area contributed by atoms with Gasteiger partial charge in [0.05, 0.1) is 26.2 Å². The maximum absolute atomic E-state index is 13.7. The number of nitrogen functional groups attached to an aromatic ring is 1. The third-order valence-corrected chi connectivity index (χ3v) is 11.3. The summed E-state index contributed by atoms with van der Waals surface area (Å²) >= 11 is 0. The van der Waals surface area contributed by atoms with Gasteiger partial charge in [-0.15, -0.1) is 0 Å². The van der Waals surface area contributed by atoms with Crippen molar-refractivity contribution in [3.63, 3.8) is 0 Å². The van der Waals surface area contributed by atoms with Crippen molar-refractivity contribution < 1.29 is 28.7 Å². The van der Waals surface area contributed by atoms with Crippen LogP contribution in [0, 0.1) is 13.8 Å². The number of likely N-dealkylation sites (tertiary alicyclic amines) is 2. The third-order valence-electron chi connectivity index (χ3n) is 11.3. The van der Waals surface area contributed by atoms with Crippen LogP contribution in [0.4, 0.5) is 21.0 Å². The molecule has 2 aromatic carbocycles. The zero-order valence-corrected chi connectivity index (χ0v) is 27.2. The van der Waals surface area contributed by atoms with Gasteiger partial charge in [0, 0.05) is 74.6 Å². The fourth-order valence-corrected chi connectivity index (χ4v) is 8.77. The Morgan fingerprint density at radius 3 is 2.43 bits per heavy atom. The molecule has 2 unspecified atom stereocenters. The number of amides is 3. The molecule has 3 N–H and O–H groups in total. The summed E-state index contributed by atoms with van der Waals surface area (Å²) in [5, 5.41) is 16.8. The first-order valence-electron chi connectivity index (χ1n) is 16.8. The Bertz CT molecular complexity index is 1430. The summed E-state index contributed by atoms with van der Waals surface area (Å²) in [4.78, 5) is 46.7. The Morgan fingerprint density at radius 1 is 1.07 bits per heavy atom. The first-order valence-corrected chi connectivity index (χ1v) is 16.8. The van der Waals surface area contributed by atoms with E-state index in [2.05, 4.69) is 15.1 Å². The van der Waals surface area contributed by atoms with Gasteiger partial charge in [-0.25, -0.2) is 4.79 Å². The van der Waals surface area contributed by atoms with Crippen LogP contribution in [-0.4, -0.2) is 108 Å². The molecule has 0 bridgehead atoms. The highest BCUT2D eigenvalue weighted by Crippen LogP contribution is 2.46. The van der Waals surface area contributed by atoms with Gasteiger partial charge in [0.1, 0.15) is 12.8 Å². The predicted octanol–water partition coefficient (Wildman–Crippen LogP) is 2.88. The Labute approximate surface area is 271 Å². The van der Waals surface area contributed by atoms with Gasteiger partial charge in [0.2, 0.25) is 0 Å². The van der Waals surface area contributed by atoms with E-state index in [0.717, 1.165) is 73.4 Å². The zero-order chi connectivity index (χ0) is 32.5. The molecule has 4 aliphatic rings. The van der Waals surface area contributed by atoms with Crippen molar-refractivity contribution in [2.45, 2.75) is 76.7 Å². The van der Waals surface area contributed by atoms with Crippen LogP contribution in [0.3, 0.4) is 0 Å². The van der Waals surface area contributed by atoms with E-state index in [1.807, 2.05) is 55.1 Å². The summed E-state index contributed by atoms with van der Waals surface area (Å²) in [6, 6.07) is 11.7. The van der Waals surface area contributed by atoms with Crippen LogP contribution in [0.25, 0.3) is 0 Å². The largest absolute Gasteiger partial charge is 0.498 e. The van der Waals surface area contributed by atoms with Gasteiger partial charge < -0.3 is 35.4 Å². The zero-order valence-electron chi connectivity index (χ0n) is 27.2. The number of carbonyl (C=O) groups is 3. The van der Waals surface area contributed by atoms with Gasteiger partial charge in [0.25, 0.3) is 6.09 Å². The third kappa shape index (κ3) is 5.90. The number of aryl methyl sites for hydroxylation is 2. The minimum atomic E-state index is -1.18. The molecule has 4 aliphatic heterocycles. The number of carboxylic acid groups (broad SMARTS) is 1. The Kier molecular flexibility index (Phi) is 9.38. The van der Waals surface area contributed by atoms with Crippen molar-refractivity contribution >= 4 is 29.8 Å². The predicted molar refractivity (Wildman–Crippen MR) is 174 cm³/mol. The lowest BCUT2D eigenvalue weighted by atomic mass is 9.81. The number of nitrogens with two attached hydrogens (primary N) is 1. The van der Waals surface area contributed by atoms with Gasteiger partial charge in [-0.05, 0) is 68.0 Å². The summed E-state index contributed by atoms with van der Waals surface area (Å²) < 4.78 is 5.20. The number of anilines is 2. The molecule has 0 aliphatic carbocycles. The molecule has 0 saturated carbocycles. The topological polar surface area (TPSA) is 131 Å². The number of fused-ring (bicyclic) bond motifs is 1. The highest BCUT2D eigenvalue weighted by molar-refractivity contribution is 5.91. The molecule has 248 valence electrons. The van der Waals surface area contributed by atoms with E-state index in [4.69, 9.17) is 10.5 Å². The molecule has 3 amide bonds. The smallest absolute Gasteiger partial charge is 0.322 e. The number of nitrogens with one attached hydrogen (secondary N) is 1. The second-order valence-corrected chi connectivity index (χ2v) is 13.7. The van der Waals surface area contributed by atoms with Crippen molar-refractivity contribution in [3.05, 3.63) is 58.7 Å². The van der Waals surface area contributed by atoms with Crippen LogP contribution in [0.2, 0.25) is 0 Å². The Balaban J connectivity index is 1.37. The molecule has 2 aromatic rings. The number of urea groups is 1. The number of nitrogens with zero attached hydrogens (tertiary/aromatic N) is 4. The van der Waals surface area contributed by atoms with Crippen molar-refractivity contribution in [1.29, 1.82) is 0 Å². The lowest BCUT2D eigenvalue weighted by molar-refractivity contribution is -0.956. The van der Waals surface area contributed by atoms with Gasteiger partial charge in [-0.3, -0.25) is 14.3 Å². The monoisotopic (exact) mass is 632 g/mol. The fraction of sp³-hybridized carbons (Fsp3) is 0.571. The van der Waals surface area contributed by atoms with Gasteiger partial charge in [-0.2, -0.15) is 0 Å². The van der Waals surface area contributed by atoms with Crippen LogP contribution < -0.4 is 16.2 Å². The van der Waals surface area contributed by atoms with Gasteiger partial charge in [0.15, 0.2) is 5.66 Å². The quantitative estimate of drug-likeness (QED) is 0.271. The second-order valence-electron chi connectivity index (χ2n) is 13.7. The summed E-state index contributed by atoms with van der Waals surface area (Å²) in [6.45, 7) is 9.37. The van der Waals surface area contributed by atoms with Crippen molar-refractivity contribution in [2.75, 3.05) is 63.5 Å². The number of hydrogen-bond acceptors (Lipinski definition) is 8. The molecule has 6 rings (SSSR count). The van der Waals surface area contributed by atoms with E-state index < -0.39 is 11.8 Å². The van der Waals surface area contributed by atoms with E-state index in [-0.39, 0.29) is 36.1 Å². The van der Waals surface area contributed by atoms with Crippen LogP contribution >= 0.6 is 0 Å². The average Bonchev–Trinajstić information content (AvgIpc) is 3.23. The van der Waals surface area contributed by atoms with Crippen LogP contribution in [0.15, 0.2) is 36.4 Å². The summed E-state index contributed by atoms with van der Waals surface area (Å²) in [5.74, 6) is 0. The van der Waals surface area contributed by atoms with Crippen molar-refractivity contribution in [3.8, 4) is 0 Å². The van der Waals surface area contributed by atoms with Gasteiger partial charge >= 0.3 is 6.03 Å². The highest BCUT2D eigenvalue weighted by atomic mass is 16.5. The number of para-hydroxylation sites is 1. The Morgan fingerprint density at radius 2 is 1.76 bits per heavy atom. The number of hydrogen-bond donors (Lipinski definition) is 2. The molecular formula is C35H48N6O5. The molecule has 0 spiro atoms. The number of morpholine rings is 1. The van der Waals surface area contributed by atoms with Crippen molar-refractivity contribution in [1.82, 2.24) is 14.7 Å². The normalized spacial score (nSPS) is 28.3. The number of benzene rings is 2. The molecule has 4 heterocycles. The average molecular weight is 633 g/mol. The molecule has 3 saturated heterocycles. The van der Waals surface area contributed by atoms with Crippen LogP contribution in [0.5, 0.6) is 0 Å². The Hall–Kier alpha value is -3.51. The number of piperidine rings is 2. The SMILES string of the molecule is Cc1cc(C[N@+]2(C(=O)[O-])CCC(N3CCc4ccccc4NC3=O)CC2(CC=O)N2CCC(N3CCOCC3)CC2)cc(C)c1N. The number of carbonyl (C=O) groups excluding carboxylic acids is 3. The standard InChI is InChI=1S/C35H48N6O5/c1-25-21-27(22-26(2)32(25)36)24-41(34(44)45)17-10-30(40-14-7-28-5-3-4-6-31(28)37-33(40)43)23-35(41,11-18-42)39-12-8-29(9-13-39)38-15-19-46-20-16-38/h3-6,18,21-22,29-30H,7-17,19-20,23-24,36H2,1-2H3,(H-,37,43,44,45)/t30?,35?,41-/m0/s1. The number of rotatable bonds is 7. The van der Waals surface area contributed by atoms with Crippen LogP contribution in [-0.2, 0) is 22.5 Å².